The number of carbonyl (C=O) groups is 1. The largest absolute Gasteiger partial charge is 0.486 e. The lowest BCUT2D eigenvalue weighted by Crippen LogP contribution is -2.27. The minimum atomic E-state index is -3.99. The van der Waals surface area contributed by atoms with Gasteiger partial charge < -0.3 is 14.4 Å². The predicted octanol–water partition coefficient (Wildman–Crippen LogP) is 3.67. The third-order valence-corrected chi connectivity index (χ3v) is 6.27. The van der Waals surface area contributed by atoms with Crippen LogP contribution in [0.1, 0.15) is 15.9 Å². The van der Waals surface area contributed by atoms with Crippen LogP contribution < -0.4 is 14.2 Å². The molecule has 3 aromatic carbocycles. The van der Waals surface area contributed by atoms with Crippen molar-refractivity contribution < 1.29 is 27.1 Å². The number of anilines is 1. The number of halogens is 1. The quantitative estimate of drug-likeness (QED) is 0.612. The second-order valence-corrected chi connectivity index (χ2v) is 8.93. The fraction of sp³-hybridized carbons (Fsp3) is 0.174. The summed E-state index contributed by atoms with van der Waals surface area (Å²) in [5.41, 5.74) is 1.09. The number of ether oxygens (including phenoxy) is 2. The molecule has 1 aliphatic heterocycles. The molecule has 4 rings (SSSR count). The van der Waals surface area contributed by atoms with E-state index in [1.54, 1.807) is 37.4 Å². The third kappa shape index (κ3) is 4.67. The molecule has 0 spiro atoms. The Kier molecular flexibility index (Phi) is 6.00. The highest BCUT2D eigenvalue weighted by atomic mass is 32.2. The molecule has 9 heteroatoms. The van der Waals surface area contributed by atoms with Crippen LogP contribution >= 0.6 is 0 Å². The van der Waals surface area contributed by atoms with Crippen LogP contribution in [0.15, 0.2) is 71.6 Å². The smallest absolute Gasteiger partial charge is 0.262 e. The second-order valence-electron chi connectivity index (χ2n) is 7.24. The first kappa shape index (κ1) is 21.6. The number of rotatable bonds is 6. The summed E-state index contributed by atoms with van der Waals surface area (Å²) >= 11 is 0. The average molecular weight is 456 g/mol. The van der Waals surface area contributed by atoms with Crippen molar-refractivity contribution in [1.29, 1.82) is 0 Å². The molecule has 0 radical (unpaired) electrons. The monoisotopic (exact) mass is 456 g/mol. The number of para-hydroxylation sites is 1. The molecule has 0 unspecified atom stereocenters. The molecule has 0 aromatic heterocycles. The molecule has 0 aliphatic carbocycles. The molecule has 0 fully saturated rings. The normalized spacial score (nSPS) is 12.8. The molecule has 32 heavy (non-hydrogen) atoms. The molecular weight excluding hydrogens is 435 g/mol. The Bertz CT molecular complexity index is 1250. The maximum Gasteiger partial charge on any atom is 0.262 e. The number of sulfonamides is 1. The highest BCUT2D eigenvalue weighted by Gasteiger charge is 2.23. The minimum Gasteiger partial charge on any atom is -0.486 e. The number of fused-ring (bicyclic) bond motifs is 1. The van der Waals surface area contributed by atoms with E-state index >= 15 is 0 Å². The molecule has 166 valence electrons. The van der Waals surface area contributed by atoms with Gasteiger partial charge in [0.2, 0.25) is 0 Å². The lowest BCUT2D eigenvalue weighted by molar-refractivity contribution is 0.0786. The molecule has 0 atom stereocenters. The van der Waals surface area contributed by atoms with E-state index < -0.39 is 10.0 Å². The van der Waals surface area contributed by atoms with Crippen molar-refractivity contribution in [3.05, 3.63) is 83.7 Å². The number of benzene rings is 3. The van der Waals surface area contributed by atoms with Gasteiger partial charge in [0.1, 0.15) is 19.0 Å². The molecule has 0 saturated carbocycles. The van der Waals surface area contributed by atoms with Crippen molar-refractivity contribution in [2.45, 2.75) is 11.4 Å². The summed E-state index contributed by atoms with van der Waals surface area (Å²) in [5, 5.41) is 0. The van der Waals surface area contributed by atoms with E-state index in [0.29, 0.717) is 24.7 Å². The lowest BCUT2D eigenvalue weighted by atomic mass is 10.1. The first-order chi connectivity index (χ1) is 15.3. The van der Waals surface area contributed by atoms with Crippen molar-refractivity contribution in [2.75, 3.05) is 25.0 Å². The van der Waals surface area contributed by atoms with Crippen LogP contribution in [0.25, 0.3) is 0 Å². The Balaban J connectivity index is 1.56. The van der Waals surface area contributed by atoms with Gasteiger partial charge in [-0.15, -0.1) is 0 Å². The van der Waals surface area contributed by atoms with Crippen LogP contribution in [0.3, 0.4) is 0 Å². The number of hydrogen-bond donors (Lipinski definition) is 1. The van der Waals surface area contributed by atoms with Crippen LogP contribution in [0.4, 0.5) is 10.1 Å². The molecule has 0 saturated heterocycles. The Morgan fingerprint density at radius 2 is 1.69 bits per heavy atom. The van der Waals surface area contributed by atoms with Gasteiger partial charge in [0.05, 0.1) is 16.1 Å². The zero-order valence-corrected chi connectivity index (χ0v) is 18.1. The summed E-state index contributed by atoms with van der Waals surface area (Å²) in [4.78, 5) is 14.5. The molecule has 1 heterocycles. The SMILES string of the molecule is CN(Cc1ccc(F)cc1)C(=O)c1ccccc1NS(=O)(=O)c1ccc2c(c1)OCCO2. The first-order valence-corrected chi connectivity index (χ1v) is 11.3. The van der Waals surface area contributed by atoms with Crippen LogP contribution in [0, 0.1) is 5.82 Å². The van der Waals surface area contributed by atoms with E-state index in [4.69, 9.17) is 9.47 Å². The average Bonchev–Trinajstić information content (AvgIpc) is 2.80. The zero-order chi connectivity index (χ0) is 22.7. The van der Waals surface area contributed by atoms with Gasteiger partial charge in [-0.3, -0.25) is 9.52 Å². The maximum absolute atomic E-state index is 13.1. The Morgan fingerprint density at radius 1 is 1.00 bits per heavy atom. The summed E-state index contributed by atoms with van der Waals surface area (Å²) in [6.07, 6.45) is 0. The molecule has 1 amide bonds. The molecule has 0 bridgehead atoms. The highest BCUT2D eigenvalue weighted by Crippen LogP contribution is 2.33. The number of nitrogens with zero attached hydrogens (tertiary/aromatic N) is 1. The fourth-order valence-corrected chi connectivity index (χ4v) is 4.39. The van der Waals surface area contributed by atoms with E-state index in [1.165, 1.54) is 41.3 Å². The van der Waals surface area contributed by atoms with E-state index in [0.717, 1.165) is 5.56 Å². The Labute approximate surface area is 185 Å². The molecular formula is C23H21FN2O5S. The second kappa shape index (κ2) is 8.88. The van der Waals surface area contributed by atoms with Crippen molar-refractivity contribution >= 4 is 21.6 Å². The maximum atomic E-state index is 13.1. The minimum absolute atomic E-state index is 0.0105. The van der Waals surface area contributed by atoms with Crippen LogP contribution in [0.5, 0.6) is 11.5 Å². The van der Waals surface area contributed by atoms with Gasteiger partial charge in [0.15, 0.2) is 11.5 Å². The Morgan fingerprint density at radius 3 is 2.44 bits per heavy atom. The van der Waals surface area contributed by atoms with E-state index in [-0.39, 0.29) is 34.4 Å². The lowest BCUT2D eigenvalue weighted by Gasteiger charge is -2.21. The number of amides is 1. The van der Waals surface area contributed by atoms with Crippen LogP contribution in [0.2, 0.25) is 0 Å². The number of nitrogens with one attached hydrogen (secondary N) is 1. The van der Waals surface area contributed by atoms with Crippen molar-refractivity contribution in [2.24, 2.45) is 0 Å². The van der Waals surface area contributed by atoms with Gasteiger partial charge in [-0.05, 0) is 42.0 Å². The van der Waals surface area contributed by atoms with Crippen molar-refractivity contribution in [3.8, 4) is 11.5 Å². The predicted molar refractivity (Wildman–Crippen MR) is 117 cm³/mol. The van der Waals surface area contributed by atoms with E-state index in [2.05, 4.69) is 4.72 Å². The van der Waals surface area contributed by atoms with Crippen LogP contribution in [-0.4, -0.2) is 39.5 Å². The molecule has 3 aromatic rings. The Hall–Kier alpha value is -3.59. The van der Waals surface area contributed by atoms with E-state index in [1.807, 2.05) is 0 Å². The summed E-state index contributed by atoms with van der Waals surface area (Å²) in [6.45, 7) is 0.974. The molecule has 1 aliphatic rings. The van der Waals surface area contributed by atoms with Gasteiger partial charge >= 0.3 is 0 Å². The van der Waals surface area contributed by atoms with Crippen molar-refractivity contribution in [3.63, 3.8) is 0 Å². The van der Waals surface area contributed by atoms with E-state index in [9.17, 15) is 17.6 Å². The van der Waals surface area contributed by atoms with Gasteiger partial charge in [-0.1, -0.05) is 24.3 Å². The third-order valence-electron chi connectivity index (χ3n) is 4.91. The standard InChI is InChI=1S/C23H21FN2O5S/c1-26(15-16-6-8-17(24)9-7-16)23(27)19-4-2-3-5-20(19)25-32(28,29)18-10-11-21-22(14-18)31-13-12-30-21/h2-11,14,25H,12-13,15H2,1H3. The van der Waals surface area contributed by atoms with Gasteiger partial charge in [-0.25, -0.2) is 12.8 Å². The first-order valence-electron chi connectivity index (χ1n) is 9.85. The van der Waals surface area contributed by atoms with Gasteiger partial charge in [-0.2, -0.15) is 0 Å². The summed E-state index contributed by atoms with van der Waals surface area (Å²) in [6, 6.07) is 16.5. The summed E-state index contributed by atoms with van der Waals surface area (Å²) in [7, 11) is -2.40. The molecule has 7 nitrogen and oxygen atoms in total. The summed E-state index contributed by atoms with van der Waals surface area (Å²) < 4.78 is 52.5. The molecule has 1 N–H and O–H groups in total. The number of carbonyl (C=O) groups excluding carboxylic acids is 1. The van der Waals surface area contributed by atoms with Gasteiger partial charge in [0.25, 0.3) is 15.9 Å². The van der Waals surface area contributed by atoms with Gasteiger partial charge in [0, 0.05) is 19.7 Å². The highest BCUT2D eigenvalue weighted by molar-refractivity contribution is 7.92. The van der Waals surface area contributed by atoms with Crippen molar-refractivity contribution in [1.82, 2.24) is 4.90 Å². The van der Waals surface area contributed by atoms with Crippen LogP contribution in [-0.2, 0) is 16.6 Å². The zero-order valence-electron chi connectivity index (χ0n) is 17.2. The topological polar surface area (TPSA) is 84.9 Å². The number of hydrogen-bond acceptors (Lipinski definition) is 5. The summed E-state index contributed by atoms with van der Waals surface area (Å²) in [5.74, 6) is 0.0899. The fourth-order valence-electron chi connectivity index (χ4n) is 3.29.